The minimum atomic E-state index is -0.243. The lowest BCUT2D eigenvalue weighted by Gasteiger charge is -2.39. The average Bonchev–Trinajstić information content (AvgIpc) is 2.71. The Morgan fingerprint density at radius 3 is 2.63 bits per heavy atom. The van der Waals surface area contributed by atoms with E-state index in [0.717, 1.165) is 25.0 Å². The highest BCUT2D eigenvalue weighted by molar-refractivity contribution is 5.90. The summed E-state index contributed by atoms with van der Waals surface area (Å²) < 4.78 is 5.45. The second-order valence-corrected chi connectivity index (χ2v) is 6.38. The monoisotopic (exact) mass is 265 g/mol. The smallest absolute Gasteiger partial charge is 0.228 e. The summed E-state index contributed by atoms with van der Waals surface area (Å²) in [6, 6.07) is 1.89. The van der Waals surface area contributed by atoms with Crippen LogP contribution in [0, 0.1) is 0 Å². The predicted molar refractivity (Wildman–Crippen MR) is 74.1 cm³/mol. The van der Waals surface area contributed by atoms with Gasteiger partial charge < -0.3 is 10.1 Å². The third-order valence-corrected chi connectivity index (χ3v) is 3.83. The van der Waals surface area contributed by atoms with Crippen LogP contribution in [0.3, 0.4) is 0 Å². The Hall–Kier alpha value is -1.36. The molecule has 1 fully saturated rings. The van der Waals surface area contributed by atoms with E-state index in [1.165, 1.54) is 0 Å². The molecule has 1 heterocycles. The largest absolute Gasteiger partial charge is 0.378 e. The molecule has 0 bridgehead atoms. The van der Waals surface area contributed by atoms with Crippen LogP contribution in [0.4, 0.5) is 5.82 Å². The van der Waals surface area contributed by atoms with E-state index >= 15 is 0 Å². The SMILES string of the molecule is COC1(CC(=O)Nc2cc(C(C)(C)C)[nH]n2)CCC1. The molecule has 0 aliphatic heterocycles. The summed E-state index contributed by atoms with van der Waals surface area (Å²) in [6.07, 6.45) is 3.47. The molecule has 5 heteroatoms. The zero-order valence-corrected chi connectivity index (χ0v) is 12.2. The molecule has 2 N–H and O–H groups in total. The van der Waals surface area contributed by atoms with Crippen molar-refractivity contribution in [2.45, 2.75) is 57.5 Å². The highest BCUT2D eigenvalue weighted by Crippen LogP contribution is 2.38. The van der Waals surface area contributed by atoms with Gasteiger partial charge in [-0.25, -0.2) is 0 Å². The van der Waals surface area contributed by atoms with Gasteiger partial charge in [-0.05, 0) is 19.3 Å². The quantitative estimate of drug-likeness (QED) is 0.879. The lowest BCUT2D eigenvalue weighted by molar-refractivity contribution is -0.129. The van der Waals surface area contributed by atoms with E-state index < -0.39 is 0 Å². The Morgan fingerprint density at radius 1 is 1.53 bits per heavy atom. The Balaban J connectivity index is 1.94. The summed E-state index contributed by atoms with van der Waals surface area (Å²) in [6.45, 7) is 6.29. The van der Waals surface area contributed by atoms with E-state index in [0.29, 0.717) is 12.2 Å². The molecule has 5 nitrogen and oxygen atoms in total. The summed E-state index contributed by atoms with van der Waals surface area (Å²) in [5, 5.41) is 9.92. The van der Waals surface area contributed by atoms with Crippen molar-refractivity contribution < 1.29 is 9.53 Å². The maximum Gasteiger partial charge on any atom is 0.228 e. The number of aromatic nitrogens is 2. The number of nitrogens with zero attached hydrogens (tertiary/aromatic N) is 1. The molecular formula is C14H23N3O2. The fourth-order valence-corrected chi connectivity index (χ4v) is 2.27. The number of H-pyrrole nitrogens is 1. The number of ether oxygens (including phenoxy) is 1. The van der Waals surface area contributed by atoms with E-state index in [1.807, 2.05) is 6.07 Å². The zero-order valence-electron chi connectivity index (χ0n) is 12.2. The van der Waals surface area contributed by atoms with E-state index in [-0.39, 0.29) is 16.9 Å². The van der Waals surface area contributed by atoms with Crippen molar-refractivity contribution in [3.8, 4) is 0 Å². The lowest BCUT2D eigenvalue weighted by Crippen LogP contribution is -2.42. The Bertz CT molecular complexity index is 450. The van der Waals surface area contributed by atoms with Gasteiger partial charge in [-0.15, -0.1) is 0 Å². The number of amides is 1. The molecule has 1 aliphatic carbocycles. The van der Waals surface area contributed by atoms with Gasteiger partial charge >= 0.3 is 0 Å². The number of anilines is 1. The first kappa shape index (κ1) is 14.1. The van der Waals surface area contributed by atoms with Gasteiger partial charge in [0.05, 0.1) is 12.0 Å². The minimum absolute atomic E-state index is 0.00228. The molecule has 0 radical (unpaired) electrons. The molecule has 0 atom stereocenters. The summed E-state index contributed by atoms with van der Waals surface area (Å²) in [5.74, 6) is 0.550. The van der Waals surface area contributed by atoms with Gasteiger partial charge in [0.1, 0.15) is 0 Å². The number of aromatic amines is 1. The molecule has 1 saturated carbocycles. The van der Waals surface area contributed by atoms with Crippen LogP contribution in [0.1, 0.15) is 52.1 Å². The van der Waals surface area contributed by atoms with Crippen LogP contribution < -0.4 is 5.32 Å². The third-order valence-electron chi connectivity index (χ3n) is 3.83. The van der Waals surface area contributed by atoms with Gasteiger partial charge in [-0.1, -0.05) is 20.8 Å². The highest BCUT2D eigenvalue weighted by Gasteiger charge is 2.39. The van der Waals surface area contributed by atoms with E-state index in [4.69, 9.17) is 4.74 Å². The van der Waals surface area contributed by atoms with Crippen LogP contribution in [-0.2, 0) is 14.9 Å². The second-order valence-electron chi connectivity index (χ2n) is 6.38. The first-order chi connectivity index (χ1) is 8.85. The van der Waals surface area contributed by atoms with E-state index in [9.17, 15) is 4.79 Å². The van der Waals surface area contributed by atoms with Crippen molar-refractivity contribution in [3.05, 3.63) is 11.8 Å². The molecule has 0 spiro atoms. The summed E-state index contributed by atoms with van der Waals surface area (Å²) in [4.78, 5) is 12.0. The van der Waals surface area contributed by atoms with Crippen LogP contribution >= 0.6 is 0 Å². The van der Waals surface area contributed by atoms with Crippen molar-refractivity contribution >= 4 is 11.7 Å². The van der Waals surface area contributed by atoms with Crippen molar-refractivity contribution in [1.29, 1.82) is 0 Å². The van der Waals surface area contributed by atoms with E-state index in [1.54, 1.807) is 7.11 Å². The Labute approximate surface area is 114 Å². The molecule has 106 valence electrons. The first-order valence-electron chi connectivity index (χ1n) is 6.76. The van der Waals surface area contributed by atoms with Gasteiger partial charge in [0.2, 0.25) is 5.91 Å². The molecule has 1 amide bonds. The number of carbonyl (C=O) groups excluding carboxylic acids is 1. The molecule has 1 aliphatic rings. The fraction of sp³-hybridized carbons (Fsp3) is 0.714. The normalized spacial score (nSPS) is 17.9. The van der Waals surface area contributed by atoms with Gasteiger partial charge in [0, 0.05) is 24.3 Å². The first-order valence-corrected chi connectivity index (χ1v) is 6.76. The summed E-state index contributed by atoms with van der Waals surface area (Å²) in [5.41, 5.74) is 0.762. The predicted octanol–water partition coefficient (Wildman–Crippen LogP) is 2.60. The number of hydrogen-bond acceptors (Lipinski definition) is 3. The number of methoxy groups -OCH3 is 1. The fourth-order valence-electron chi connectivity index (χ4n) is 2.27. The second kappa shape index (κ2) is 4.96. The molecule has 0 aromatic carbocycles. The number of hydrogen-bond donors (Lipinski definition) is 2. The van der Waals surface area contributed by atoms with Crippen LogP contribution in [0.2, 0.25) is 0 Å². The highest BCUT2D eigenvalue weighted by atomic mass is 16.5. The van der Waals surface area contributed by atoms with Crippen molar-refractivity contribution in [3.63, 3.8) is 0 Å². The lowest BCUT2D eigenvalue weighted by atomic mass is 9.77. The molecule has 19 heavy (non-hydrogen) atoms. The zero-order chi connectivity index (χ0) is 14.1. The minimum Gasteiger partial charge on any atom is -0.378 e. The van der Waals surface area contributed by atoms with Crippen molar-refractivity contribution in [2.24, 2.45) is 0 Å². The molecule has 2 rings (SSSR count). The summed E-state index contributed by atoms with van der Waals surface area (Å²) in [7, 11) is 1.68. The molecule has 1 aromatic rings. The van der Waals surface area contributed by atoms with Crippen LogP contribution in [0.25, 0.3) is 0 Å². The number of rotatable bonds is 4. The van der Waals surface area contributed by atoms with Crippen LogP contribution in [-0.4, -0.2) is 28.8 Å². The average molecular weight is 265 g/mol. The maximum absolute atomic E-state index is 12.0. The van der Waals surface area contributed by atoms with E-state index in [2.05, 4.69) is 36.3 Å². The molecular weight excluding hydrogens is 242 g/mol. The van der Waals surface area contributed by atoms with Crippen molar-refractivity contribution in [2.75, 3.05) is 12.4 Å². The van der Waals surface area contributed by atoms with Crippen LogP contribution in [0.15, 0.2) is 6.07 Å². The topological polar surface area (TPSA) is 67.0 Å². The number of nitrogens with one attached hydrogen (secondary N) is 2. The van der Waals surface area contributed by atoms with Gasteiger partial charge in [0.25, 0.3) is 0 Å². The van der Waals surface area contributed by atoms with Gasteiger partial charge in [0.15, 0.2) is 5.82 Å². The third kappa shape index (κ3) is 3.15. The van der Waals surface area contributed by atoms with Gasteiger partial charge in [-0.3, -0.25) is 9.89 Å². The number of carbonyl (C=O) groups is 1. The maximum atomic E-state index is 12.0. The summed E-state index contributed by atoms with van der Waals surface area (Å²) >= 11 is 0. The molecule has 0 unspecified atom stereocenters. The van der Waals surface area contributed by atoms with Crippen molar-refractivity contribution in [1.82, 2.24) is 10.2 Å². The van der Waals surface area contributed by atoms with Gasteiger partial charge in [-0.2, -0.15) is 5.10 Å². The standard InChI is InChI=1S/C14H23N3O2/c1-13(2,3)10-8-11(17-16-10)15-12(18)9-14(19-4)6-5-7-14/h8H,5-7,9H2,1-4H3,(H2,15,16,17,18). The molecule has 0 saturated heterocycles. The Morgan fingerprint density at radius 2 is 2.21 bits per heavy atom. The molecule has 1 aromatic heterocycles. The Kier molecular flexibility index (Phi) is 3.67. The van der Waals surface area contributed by atoms with Crippen LogP contribution in [0.5, 0.6) is 0 Å².